The molecule has 112 valence electrons. The minimum Gasteiger partial charge on any atom is -0.496 e. The number of ether oxygens (including phenoxy) is 1. The first kappa shape index (κ1) is 13.5. The van der Waals surface area contributed by atoms with E-state index in [1.54, 1.807) is 37.4 Å². The topological polar surface area (TPSA) is 72.0 Å². The third-order valence-corrected chi connectivity index (χ3v) is 3.92. The molecule has 0 amide bonds. The molecule has 1 aliphatic carbocycles. The summed E-state index contributed by atoms with van der Waals surface area (Å²) < 4.78 is 5.32. The van der Waals surface area contributed by atoms with Gasteiger partial charge in [-0.15, -0.1) is 0 Å². The molecule has 3 aromatic rings. The highest BCUT2D eigenvalue weighted by atomic mass is 16.5. The fraction of sp³-hybridized carbons (Fsp3) is 0.0556. The number of methoxy groups -OCH3 is 1. The maximum atomic E-state index is 12.6. The van der Waals surface area contributed by atoms with Crippen molar-refractivity contribution in [3.05, 3.63) is 71.0 Å². The van der Waals surface area contributed by atoms with Gasteiger partial charge in [-0.2, -0.15) is 0 Å². The molecular weight excluding hydrogens is 292 g/mol. The highest BCUT2D eigenvalue weighted by molar-refractivity contribution is 6.27. The predicted octanol–water partition coefficient (Wildman–Crippen LogP) is 2.86. The van der Waals surface area contributed by atoms with Crippen molar-refractivity contribution < 1.29 is 14.3 Å². The molecule has 0 radical (unpaired) electrons. The fourth-order valence-corrected chi connectivity index (χ4v) is 2.81. The second-order valence-electron chi connectivity index (χ2n) is 5.21. The maximum absolute atomic E-state index is 12.6. The second kappa shape index (κ2) is 4.91. The molecule has 2 aromatic carbocycles. The molecule has 0 fully saturated rings. The molecule has 0 atom stereocenters. The number of aromatic nitrogens is 2. The summed E-state index contributed by atoms with van der Waals surface area (Å²) in [6.07, 6.45) is 0. The van der Waals surface area contributed by atoms with Crippen LogP contribution >= 0.6 is 0 Å². The average Bonchev–Trinajstić information content (AvgIpc) is 3.05. The third kappa shape index (κ3) is 1.90. The molecule has 1 aliphatic rings. The second-order valence-corrected chi connectivity index (χ2v) is 5.21. The molecule has 0 spiro atoms. The largest absolute Gasteiger partial charge is 0.496 e. The highest BCUT2D eigenvalue weighted by Crippen LogP contribution is 2.32. The van der Waals surface area contributed by atoms with Crippen LogP contribution in [0.15, 0.2) is 48.5 Å². The predicted molar refractivity (Wildman–Crippen MR) is 83.9 cm³/mol. The van der Waals surface area contributed by atoms with Gasteiger partial charge >= 0.3 is 0 Å². The Labute approximate surface area is 131 Å². The molecule has 0 saturated carbocycles. The van der Waals surface area contributed by atoms with E-state index < -0.39 is 0 Å². The van der Waals surface area contributed by atoms with E-state index >= 15 is 0 Å². The van der Waals surface area contributed by atoms with Crippen molar-refractivity contribution in [3.63, 3.8) is 0 Å². The lowest BCUT2D eigenvalue weighted by Crippen LogP contribution is -2.20. The number of nitrogens with zero attached hydrogens (tertiary/aromatic N) is 1. The molecule has 5 nitrogen and oxygen atoms in total. The number of carbonyl (C=O) groups excluding carboxylic acids is 2. The first-order valence-corrected chi connectivity index (χ1v) is 7.12. The smallest absolute Gasteiger partial charge is 0.214 e. The van der Waals surface area contributed by atoms with Crippen LogP contribution in [0.3, 0.4) is 0 Å². The summed E-state index contributed by atoms with van der Waals surface area (Å²) in [6, 6.07) is 14.1. The van der Waals surface area contributed by atoms with E-state index in [1.807, 2.05) is 18.2 Å². The van der Waals surface area contributed by atoms with Gasteiger partial charge in [-0.1, -0.05) is 36.4 Å². The zero-order chi connectivity index (χ0) is 16.0. The number of nitrogens with one attached hydrogen (secondary N) is 1. The van der Waals surface area contributed by atoms with Crippen LogP contribution in [0, 0.1) is 0 Å². The van der Waals surface area contributed by atoms with Gasteiger partial charge in [0.25, 0.3) is 0 Å². The molecule has 23 heavy (non-hydrogen) atoms. The van der Waals surface area contributed by atoms with E-state index in [4.69, 9.17) is 4.74 Å². The molecule has 1 aromatic heterocycles. The van der Waals surface area contributed by atoms with Gasteiger partial charge < -0.3 is 9.72 Å². The molecule has 5 heteroatoms. The lowest BCUT2D eigenvalue weighted by atomic mass is 9.90. The van der Waals surface area contributed by atoms with Crippen molar-refractivity contribution in [3.8, 4) is 17.1 Å². The van der Waals surface area contributed by atoms with E-state index in [1.165, 1.54) is 0 Å². The Hall–Kier alpha value is -3.21. The standard InChI is InChI=1S/C18H12N2O3/c1-23-13-9-5-4-8-12(13)18-19-14-15(20-18)17(22)11-7-3-2-6-10(11)16(14)21/h2-9H,1H3,(H,19,20). The molecule has 0 saturated heterocycles. The number of benzene rings is 2. The van der Waals surface area contributed by atoms with Crippen LogP contribution in [0.2, 0.25) is 0 Å². The van der Waals surface area contributed by atoms with Crippen LogP contribution < -0.4 is 4.74 Å². The average molecular weight is 304 g/mol. The Balaban J connectivity index is 1.91. The van der Waals surface area contributed by atoms with Gasteiger partial charge in [0.2, 0.25) is 11.6 Å². The number of hydrogen-bond donors (Lipinski definition) is 1. The van der Waals surface area contributed by atoms with E-state index in [0.29, 0.717) is 28.3 Å². The van der Waals surface area contributed by atoms with Crippen molar-refractivity contribution in [2.45, 2.75) is 0 Å². The fourth-order valence-electron chi connectivity index (χ4n) is 2.81. The van der Waals surface area contributed by atoms with Crippen molar-refractivity contribution in [2.24, 2.45) is 0 Å². The summed E-state index contributed by atoms with van der Waals surface area (Å²) in [5.41, 5.74) is 1.89. The lowest BCUT2D eigenvalue weighted by molar-refractivity contribution is 0.0974. The number of aromatic amines is 1. The Morgan fingerprint density at radius 2 is 1.48 bits per heavy atom. The van der Waals surface area contributed by atoms with Crippen LogP contribution in [0.1, 0.15) is 32.1 Å². The number of H-pyrrole nitrogens is 1. The Bertz CT molecular complexity index is 904. The van der Waals surface area contributed by atoms with Crippen LogP contribution in [-0.4, -0.2) is 28.6 Å². The van der Waals surface area contributed by atoms with E-state index in [9.17, 15) is 9.59 Å². The van der Waals surface area contributed by atoms with Gasteiger partial charge in [0.05, 0.1) is 12.7 Å². The number of rotatable bonds is 2. The van der Waals surface area contributed by atoms with Crippen LogP contribution in [0.5, 0.6) is 5.75 Å². The number of carbonyl (C=O) groups is 2. The summed E-state index contributed by atoms with van der Waals surface area (Å²) in [4.78, 5) is 32.5. The Kier molecular flexibility index (Phi) is 2.87. The van der Waals surface area contributed by atoms with Crippen molar-refractivity contribution in [2.75, 3.05) is 7.11 Å². The zero-order valence-corrected chi connectivity index (χ0v) is 12.3. The summed E-state index contributed by atoms with van der Waals surface area (Å²) in [7, 11) is 1.56. The minimum atomic E-state index is -0.243. The van der Waals surface area contributed by atoms with Gasteiger partial charge in [0.1, 0.15) is 23.0 Å². The van der Waals surface area contributed by atoms with Gasteiger partial charge in [-0.3, -0.25) is 9.59 Å². The minimum absolute atomic E-state index is 0.162. The van der Waals surface area contributed by atoms with Crippen molar-refractivity contribution >= 4 is 11.6 Å². The molecule has 0 aliphatic heterocycles. The molecule has 0 unspecified atom stereocenters. The van der Waals surface area contributed by atoms with Crippen molar-refractivity contribution in [1.82, 2.24) is 9.97 Å². The lowest BCUT2D eigenvalue weighted by Gasteiger charge is -2.11. The van der Waals surface area contributed by atoms with Gasteiger partial charge in [-0.05, 0) is 12.1 Å². The van der Waals surface area contributed by atoms with Crippen LogP contribution in [0.4, 0.5) is 0 Å². The number of imidazole rings is 1. The monoisotopic (exact) mass is 304 g/mol. The molecular formula is C18H12N2O3. The number of hydrogen-bond acceptors (Lipinski definition) is 4. The summed E-state index contributed by atoms with van der Waals surface area (Å²) >= 11 is 0. The number of ketones is 2. The Morgan fingerprint density at radius 1 is 0.870 bits per heavy atom. The molecule has 1 heterocycles. The Morgan fingerprint density at radius 3 is 2.17 bits per heavy atom. The third-order valence-electron chi connectivity index (χ3n) is 3.92. The SMILES string of the molecule is COc1ccccc1-c1nc2c([nH]1)C(=O)c1ccccc1C2=O. The van der Waals surface area contributed by atoms with E-state index in [0.717, 1.165) is 0 Å². The zero-order valence-electron chi connectivity index (χ0n) is 12.3. The van der Waals surface area contributed by atoms with E-state index in [2.05, 4.69) is 9.97 Å². The number of para-hydroxylation sites is 1. The van der Waals surface area contributed by atoms with Gasteiger partial charge in [0, 0.05) is 11.1 Å². The highest BCUT2D eigenvalue weighted by Gasteiger charge is 2.33. The first-order valence-electron chi connectivity index (χ1n) is 7.12. The molecule has 4 rings (SSSR count). The molecule has 1 N–H and O–H groups in total. The van der Waals surface area contributed by atoms with Crippen LogP contribution in [-0.2, 0) is 0 Å². The van der Waals surface area contributed by atoms with Gasteiger partial charge in [0.15, 0.2) is 0 Å². The van der Waals surface area contributed by atoms with Crippen LogP contribution in [0.25, 0.3) is 11.4 Å². The van der Waals surface area contributed by atoms with Crippen molar-refractivity contribution in [1.29, 1.82) is 0 Å². The summed E-state index contributed by atoms with van der Waals surface area (Å²) in [5, 5.41) is 0. The molecule has 0 bridgehead atoms. The number of fused-ring (bicyclic) bond motifs is 2. The maximum Gasteiger partial charge on any atom is 0.214 e. The first-order chi connectivity index (χ1) is 11.2. The van der Waals surface area contributed by atoms with E-state index in [-0.39, 0.29) is 23.0 Å². The summed E-state index contributed by atoms with van der Waals surface area (Å²) in [5.74, 6) is 0.606. The quantitative estimate of drug-likeness (QED) is 0.618. The summed E-state index contributed by atoms with van der Waals surface area (Å²) in [6.45, 7) is 0. The normalized spacial score (nSPS) is 12.7. The van der Waals surface area contributed by atoms with Gasteiger partial charge in [-0.25, -0.2) is 4.98 Å².